The zero-order chi connectivity index (χ0) is 24.9. The average Bonchev–Trinajstić information content (AvgIpc) is 3.15. The Morgan fingerprint density at radius 3 is 2.03 bits per heavy atom. The van der Waals surface area contributed by atoms with Crippen molar-refractivity contribution in [2.45, 2.75) is 32.4 Å². The first-order chi connectivity index (χ1) is 16.6. The molecule has 0 saturated heterocycles. The molecule has 0 fully saturated rings. The van der Waals surface area contributed by atoms with Crippen LogP contribution in [0.5, 0.6) is 0 Å². The first-order valence-electron chi connectivity index (χ1n) is 11.4. The van der Waals surface area contributed by atoms with Gasteiger partial charge in [0.2, 0.25) is 0 Å². The van der Waals surface area contributed by atoms with E-state index in [1.807, 2.05) is 6.07 Å². The lowest BCUT2D eigenvalue weighted by atomic mass is 10.00. The van der Waals surface area contributed by atoms with Gasteiger partial charge >= 0.3 is 0 Å². The number of ether oxygens (including phenoxy) is 1. The van der Waals surface area contributed by atoms with Gasteiger partial charge in [-0.3, -0.25) is 4.57 Å². The summed E-state index contributed by atoms with van der Waals surface area (Å²) in [6.45, 7) is 8.32. The molecule has 3 nitrogen and oxygen atoms in total. The molecule has 0 spiro atoms. The van der Waals surface area contributed by atoms with Crippen molar-refractivity contribution in [1.82, 2.24) is 9.55 Å². The molecule has 0 amide bonds. The molecule has 0 atom stereocenters. The minimum atomic E-state index is -1.19. The van der Waals surface area contributed by atoms with Crippen LogP contribution in [0.4, 0.5) is 0 Å². The third kappa shape index (κ3) is 5.07. The third-order valence-electron chi connectivity index (χ3n) is 6.13. The molecule has 5 rings (SSSR count). The van der Waals surface area contributed by atoms with Crippen molar-refractivity contribution in [2.75, 3.05) is 6.61 Å². The van der Waals surface area contributed by atoms with E-state index in [0.29, 0.717) is 6.73 Å². The predicted octanol–water partition coefficient (Wildman–Crippen LogP) is 10.4. The number of rotatable bonds is 6. The van der Waals surface area contributed by atoms with E-state index < -0.39 is 8.07 Å². The third-order valence-corrected chi connectivity index (χ3v) is 10.1. The smallest absolute Gasteiger partial charge is 0.145 e. The van der Waals surface area contributed by atoms with Gasteiger partial charge in [0.05, 0.1) is 11.0 Å². The van der Waals surface area contributed by atoms with Crippen molar-refractivity contribution in [1.29, 1.82) is 0 Å². The summed E-state index contributed by atoms with van der Waals surface area (Å²) < 4.78 is 12.6. The average molecular weight is 740 g/mol. The van der Waals surface area contributed by atoms with Crippen LogP contribution in [0.2, 0.25) is 25.7 Å². The molecule has 8 heteroatoms. The molecule has 0 bridgehead atoms. The van der Waals surface area contributed by atoms with Gasteiger partial charge in [-0.05, 0) is 85.1 Å². The van der Waals surface area contributed by atoms with E-state index in [1.165, 1.54) is 10.8 Å². The van der Waals surface area contributed by atoms with Crippen LogP contribution >= 0.6 is 63.7 Å². The van der Waals surface area contributed by atoms with Gasteiger partial charge in [0.15, 0.2) is 0 Å². The van der Waals surface area contributed by atoms with Crippen molar-refractivity contribution >= 4 is 104 Å². The number of hydrogen-bond acceptors (Lipinski definition) is 2. The fourth-order valence-corrected chi connectivity index (χ4v) is 7.20. The second kappa shape index (κ2) is 10.0. The zero-order valence-electron chi connectivity index (χ0n) is 19.6. The van der Waals surface area contributed by atoms with E-state index in [-0.39, 0.29) is 0 Å². The van der Waals surface area contributed by atoms with Crippen LogP contribution in [0.25, 0.3) is 44.0 Å². The molecule has 0 unspecified atom stereocenters. The SMILES string of the molecule is C[Si](C)(C)CCOCn1c(-c2c(Br)cccc2Br)nc2c3ccc(Br)cc3c3cc(Br)ccc3c21. The summed E-state index contributed by atoms with van der Waals surface area (Å²) >= 11 is 14.9. The normalized spacial score (nSPS) is 12.3. The second-order valence-corrected chi connectivity index (χ2v) is 19.0. The molecule has 4 aromatic carbocycles. The predicted molar refractivity (Wildman–Crippen MR) is 165 cm³/mol. The van der Waals surface area contributed by atoms with Crippen LogP contribution in [0, 0.1) is 0 Å². The summed E-state index contributed by atoms with van der Waals surface area (Å²) in [5.74, 6) is 0.881. The lowest BCUT2D eigenvalue weighted by Crippen LogP contribution is -2.22. The van der Waals surface area contributed by atoms with Crippen molar-refractivity contribution in [3.63, 3.8) is 0 Å². The Labute approximate surface area is 239 Å². The van der Waals surface area contributed by atoms with E-state index in [9.17, 15) is 0 Å². The summed E-state index contributed by atoms with van der Waals surface area (Å²) in [5.41, 5.74) is 3.09. The first-order valence-corrected chi connectivity index (χ1v) is 18.2. The highest BCUT2D eigenvalue weighted by molar-refractivity contribution is 9.11. The molecule has 35 heavy (non-hydrogen) atoms. The monoisotopic (exact) mass is 736 g/mol. The number of fused-ring (bicyclic) bond motifs is 6. The number of benzene rings is 4. The number of aromatic nitrogens is 2. The largest absolute Gasteiger partial charge is 0.361 e. The zero-order valence-corrected chi connectivity index (χ0v) is 27.0. The van der Waals surface area contributed by atoms with E-state index >= 15 is 0 Å². The van der Waals surface area contributed by atoms with Crippen molar-refractivity contribution in [3.05, 3.63) is 72.5 Å². The Balaban J connectivity index is 1.84. The van der Waals surface area contributed by atoms with Gasteiger partial charge in [-0.1, -0.05) is 69.7 Å². The summed E-state index contributed by atoms with van der Waals surface area (Å²) in [6.07, 6.45) is 0. The lowest BCUT2D eigenvalue weighted by Gasteiger charge is -2.17. The topological polar surface area (TPSA) is 27.1 Å². The quantitative estimate of drug-likeness (QED) is 0.0985. The number of nitrogens with zero attached hydrogens (tertiary/aromatic N) is 2. The van der Waals surface area contributed by atoms with Crippen LogP contribution in [-0.4, -0.2) is 24.2 Å². The molecule has 1 heterocycles. The molecule has 0 saturated carbocycles. The van der Waals surface area contributed by atoms with Crippen LogP contribution in [0.1, 0.15) is 0 Å². The minimum absolute atomic E-state index is 0.442. The van der Waals surface area contributed by atoms with Crippen LogP contribution < -0.4 is 0 Å². The molecule has 0 radical (unpaired) electrons. The minimum Gasteiger partial charge on any atom is -0.361 e. The molecule has 0 aliphatic rings. The van der Waals surface area contributed by atoms with Crippen molar-refractivity contribution < 1.29 is 4.74 Å². The van der Waals surface area contributed by atoms with Gasteiger partial charge in [0.1, 0.15) is 12.6 Å². The van der Waals surface area contributed by atoms with Gasteiger partial charge in [0.25, 0.3) is 0 Å². The van der Waals surface area contributed by atoms with Crippen LogP contribution in [-0.2, 0) is 11.5 Å². The number of halogens is 4. The van der Waals surface area contributed by atoms with E-state index in [1.54, 1.807) is 0 Å². The summed E-state index contributed by atoms with van der Waals surface area (Å²) in [7, 11) is -1.19. The maximum Gasteiger partial charge on any atom is 0.145 e. The fourth-order valence-electron chi connectivity index (χ4n) is 4.37. The van der Waals surface area contributed by atoms with Gasteiger partial charge in [-0.2, -0.15) is 0 Å². The van der Waals surface area contributed by atoms with Crippen molar-refractivity contribution in [3.8, 4) is 11.4 Å². The lowest BCUT2D eigenvalue weighted by molar-refractivity contribution is 0.0910. The summed E-state index contributed by atoms with van der Waals surface area (Å²) in [5, 5.41) is 4.64. The Bertz CT molecular complexity index is 1570. The molecule has 5 aromatic rings. The highest BCUT2D eigenvalue weighted by Gasteiger charge is 2.22. The summed E-state index contributed by atoms with van der Waals surface area (Å²) in [6, 6.07) is 20.2. The highest BCUT2D eigenvalue weighted by Crippen LogP contribution is 2.42. The highest BCUT2D eigenvalue weighted by atomic mass is 79.9. The van der Waals surface area contributed by atoms with Gasteiger partial charge in [0, 0.05) is 48.9 Å². The molecule has 0 aliphatic carbocycles. The number of imidazole rings is 1. The molecular formula is C27H24Br4N2OSi. The molecule has 0 N–H and O–H groups in total. The van der Waals surface area contributed by atoms with E-state index in [0.717, 1.165) is 63.7 Å². The Morgan fingerprint density at radius 2 is 1.40 bits per heavy atom. The fraction of sp³-hybridized carbons (Fsp3) is 0.222. The standard InChI is InChI=1S/C27H24Br4N2OSi/c1-35(2,3)12-11-34-15-33-26-19-10-8-17(29)14-21(19)20-13-16(28)7-9-18(20)25(26)32-27(33)24-22(30)5-4-6-23(24)31/h4-10,13-14H,11-12,15H2,1-3H3. The maximum absolute atomic E-state index is 6.32. The van der Waals surface area contributed by atoms with Gasteiger partial charge < -0.3 is 4.74 Å². The van der Waals surface area contributed by atoms with Crippen molar-refractivity contribution in [2.24, 2.45) is 0 Å². The molecular weight excluding hydrogens is 716 g/mol. The first kappa shape index (κ1) is 25.6. The summed E-state index contributed by atoms with van der Waals surface area (Å²) in [4.78, 5) is 5.27. The van der Waals surface area contributed by atoms with E-state index in [2.05, 4.69) is 136 Å². The van der Waals surface area contributed by atoms with Gasteiger partial charge in [-0.15, -0.1) is 0 Å². The van der Waals surface area contributed by atoms with Crippen LogP contribution in [0.15, 0.2) is 72.5 Å². The van der Waals surface area contributed by atoms with Crippen LogP contribution in [0.3, 0.4) is 0 Å². The van der Waals surface area contributed by atoms with E-state index in [4.69, 9.17) is 9.72 Å². The number of hydrogen-bond donors (Lipinski definition) is 0. The maximum atomic E-state index is 6.32. The molecule has 1 aromatic heterocycles. The Hall–Kier alpha value is -1.03. The Kier molecular flexibility index (Phi) is 7.34. The van der Waals surface area contributed by atoms with Gasteiger partial charge in [-0.25, -0.2) is 4.98 Å². The molecule has 180 valence electrons. The second-order valence-electron chi connectivity index (χ2n) is 9.89. The Morgan fingerprint density at radius 1 is 0.800 bits per heavy atom. The molecule has 0 aliphatic heterocycles.